The lowest BCUT2D eigenvalue weighted by molar-refractivity contribution is -0.129. The molecule has 0 spiro atoms. The first-order chi connectivity index (χ1) is 9.32. The Morgan fingerprint density at radius 2 is 1.80 bits per heavy atom. The summed E-state index contributed by atoms with van der Waals surface area (Å²) in [5.41, 5.74) is 1.55. The third-order valence-electron chi connectivity index (χ3n) is 4.27. The molecule has 2 heterocycles. The van der Waals surface area contributed by atoms with Crippen LogP contribution in [0.15, 0.2) is 24.3 Å². The molecule has 4 heteroatoms. The highest BCUT2D eigenvalue weighted by Gasteiger charge is 2.53. The maximum Gasteiger partial charge on any atom is 0.256 e. The number of fused-ring (bicyclic) bond motifs is 2. The van der Waals surface area contributed by atoms with Crippen molar-refractivity contribution in [1.29, 1.82) is 0 Å². The number of rotatable bonds is 0. The largest absolute Gasteiger partial charge is 0.323 e. The van der Waals surface area contributed by atoms with E-state index in [0.29, 0.717) is 6.42 Å². The Labute approximate surface area is 119 Å². The summed E-state index contributed by atoms with van der Waals surface area (Å²) in [6.07, 6.45) is 0.443. The third kappa shape index (κ3) is 1.67. The van der Waals surface area contributed by atoms with Crippen LogP contribution in [0.25, 0.3) is 0 Å². The molecular formula is C16H20N2O2. The first-order valence-corrected chi connectivity index (χ1v) is 6.99. The lowest BCUT2D eigenvalue weighted by Crippen LogP contribution is -2.52. The Kier molecular flexibility index (Phi) is 2.68. The van der Waals surface area contributed by atoms with E-state index in [1.165, 1.54) is 0 Å². The van der Waals surface area contributed by atoms with Crippen LogP contribution in [0.2, 0.25) is 0 Å². The number of carbonyl (C=O) groups is 2. The molecule has 0 bridgehead atoms. The predicted octanol–water partition coefficient (Wildman–Crippen LogP) is 1.90. The number of benzene rings is 1. The first kappa shape index (κ1) is 13.2. The van der Waals surface area contributed by atoms with E-state index in [4.69, 9.17) is 0 Å². The fraction of sp³-hybridized carbons (Fsp3) is 0.500. The van der Waals surface area contributed by atoms with Gasteiger partial charge in [-0.05, 0) is 11.6 Å². The Balaban J connectivity index is 2.11. The zero-order valence-corrected chi connectivity index (χ0v) is 12.4. The second-order valence-corrected chi connectivity index (χ2v) is 6.78. The molecule has 2 aliphatic heterocycles. The van der Waals surface area contributed by atoms with Crippen molar-refractivity contribution < 1.29 is 9.59 Å². The standard InChI is InChI=1S/C16H20N2O2/c1-16(2,3)15-17(4)14(20)12-9-10-7-5-6-8-11(10)13(19)18(12)15/h5-8,12,15H,9H2,1-4H3/t12-,15-/m0/s1. The number of nitrogens with zero attached hydrogens (tertiary/aromatic N) is 2. The van der Waals surface area contributed by atoms with Gasteiger partial charge in [0.05, 0.1) is 0 Å². The number of carbonyl (C=O) groups excluding carboxylic acids is 2. The van der Waals surface area contributed by atoms with E-state index >= 15 is 0 Å². The van der Waals surface area contributed by atoms with Crippen LogP contribution in [0, 0.1) is 5.41 Å². The average Bonchev–Trinajstić information content (AvgIpc) is 2.63. The molecule has 2 atom stereocenters. The SMILES string of the molecule is CN1C(=O)[C@@H]2Cc3ccccc3C(=O)N2[C@H]1C(C)(C)C. The molecule has 0 N–H and O–H groups in total. The van der Waals surface area contributed by atoms with Gasteiger partial charge in [0.2, 0.25) is 5.91 Å². The van der Waals surface area contributed by atoms with Gasteiger partial charge in [-0.15, -0.1) is 0 Å². The second kappa shape index (κ2) is 4.08. The third-order valence-corrected chi connectivity index (χ3v) is 4.27. The van der Waals surface area contributed by atoms with Gasteiger partial charge in [0.25, 0.3) is 5.91 Å². The molecule has 0 aromatic heterocycles. The molecule has 106 valence electrons. The molecule has 1 aromatic carbocycles. The van der Waals surface area contributed by atoms with Crippen LogP contribution in [0.3, 0.4) is 0 Å². The van der Waals surface area contributed by atoms with Gasteiger partial charge >= 0.3 is 0 Å². The number of hydrogen-bond acceptors (Lipinski definition) is 2. The fourth-order valence-electron chi connectivity index (χ4n) is 3.52. The summed E-state index contributed by atoms with van der Waals surface area (Å²) in [7, 11) is 1.80. The summed E-state index contributed by atoms with van der Waals surface area (Å²) >= 11 is 0. The van der Waals surface area contributed by atoms with Crippen molar-refractivity contribution in [2.24, 2.45) is 5.41 Å². The van der Waals surface area contributed by atoms with Gasteiger partial charge in [-0.25, -0.2) is 0 Å². The highest BCUT2D eigenvalue weighted by Crippen LogP contribution is 2.38. The summed E-state index contributed by atoms with van der Waals surface area (Å²) in [6.45, 7) is 6.20. The van der Waals surface area contributed by atoms with E-state index in [-0.39, 0.29) is 29.4 Å². The zero-order chi connectivity index (χ0) is 14.7. The molecule has 0 aliphatic carbocycles. The molecule has 2 aliphatic rings. The summed E-state index contributed by atoms with van der Waals surface area (Å²) in [5.74, 6) is 0.0299. The van der Waals surface area contributed by atoms with Gasteiger partial charge in [0.1, 0.15) is 12.2 Å². The number of amides is 2. The predicted molar refractivity (Wildman–Crippen MR) is 76.1 cm³/mol. The second-order valence-electron chi connectivity index (χ2n) is 6.78. The van der Waals surface area contributed by atoms with E-state index < -0.39 is 0 Å². The molecular weight excluding hydrogens is 252 g/mol. The van der Waals surface area contributed by atoms with Gasteiger partial charge in [0, 0.05) is 24.4 Å². The van der Waals surface area contributed by atoms with Gasteiger partial charge in [-0.1, -0.05) is 39.0 Å². The maximum absolute atomic E-state index is 12.8. The molecule has 4 nitrogen and oxygen atoms in total. The van der Waals surface area contributed by atoms with E-state index in [1.54, 1.807) is 16.8 Å². The Bertz CT molecular complexity index is 588. The van der Waals surface area contributed by atoms with Crippen LogP contribution in [0.4, 0.5) is 0 Å². The summed E-state index contributed by atoms with van der Waals surface area (Å²) in [4.78, 5) is 28.8. The van der Waals surface area contributed by atoms with Crippen molar-refractivity contribution in [3.63, 3.8) is 0 Å². The number of likely N-dealkylation sites (N-methyl/N-ethyl adjacent to an activating group) is 1. The van der Waals surface area contributed by atoms with Crippen molar-refractivity contribution in [2.75, 3.05) is 7.05 Å². The van der Waals surface area contributed by atoms with E-state index in [1.807, 2.05) is 24.3 Å². The molecule has 1 saturated heterocycles. The van der Waals surface area contributed by atoms with Crippen LogP contribution in [0.1, 0.15) is 36.7 Å². The van der Waals surface area contributed by atoms with Crippen molar-refractivity contribution in [2.45, 2.75) is 39.4 Å². The monoisotopic (exact) mass is 272 g/mol. The van der Waals surface area contributed by atoms with Crippen LogP contribution >= 0.6 is 0 Å². The minimum absolute atomic E-state index is 0.0190. The van der Waals surface area contributed by atoms with E-state index in [0.717, 1.165) is 11.1 Å². The van der Waals surface area contributed by atoms with Crippen molar-refractivity contribution in [1.82, 2.24) is 9.80 Å². The molecule has 1 fully saturated rings. The molecule has 0 saturated carbocycles. The summed E-state index contributed by atoms with van der Waals surface area (Å²) < 4.78 is 0. The Hall–Kier alpha value is -1.84. The average molecular weight is 272 g/mol. The molecule has 2 amide bonds. The lowest BCUT2D eigenvalue weighted by atomic mass is 9.88. The topological polar surface area (TPSA) is 40.6 Å². The zero-order valence-electron chi connectivity index (χ0n) is 12.4. The highest BCUT2D eigenvalue weighted by molar-refractivity contribution is 6.02. The summed E-state index contributed by atoms with van der Waals surface area (Å²) in [5, 5.41) is 0. The Morgan fingerprint density at radius 1 is 1.15 bits per heavy atom. The molecule has 0 unspecified atom stereocenters. The van der Waals surface area contributed by atoms with Crippen molar-refractivity contribution in [3.05, 3.63) is 35.4 Å². The smallest absolute Gasteiger partial charge is 0.256 e. The minimum atomic E-state index is -0.341. The molecule has 20 heavy (non-hydrogen) atoms. The lowest BCUT2D eigenvalue weighted by Gasteiger charge is -2.40. The molecule has 1 aromatic rings. The van der Waals surface area contributed by atoms with Crippen molar-refractivity contribution in [3.8, 4) is 0 Å². The highest BCUT2D eigenvalue weighted by atomic mass is 16.2. The molecule has 0 radical (unpaired) electrons. The van der Waals surface area contributed by atoms with E-state index in [9.17, 15) is 9.59 Å². The van der Waals surface area contributed by atoms with Gasteiger partial charge < -0.3 is 9.80 Å². The minimum Gasteiger partial charge on any atom is -0.323 e. The van der Waals surface area contributed by atoms with Crippen LogP contribution in [-0.2, 0) is 11.2 Å². The molecule has 3 rings (SSSR count). The van der Waals surface area contributed by atoms with Gasteiger partial charge in [-0.2, -0.15) is 0 Å². The maximum atomic E-state index is 12.8. The number of hydrogen-bond donors (Lipinski definition) is 0. The van der Waals surface area contributed by atoms with E-state index in [2.05, 4.69) is 20.8 Å². The van der Waals surface area contributed by atoms with Gasteiger partial charge in [0.15, 0.2) is 0 Å². The van der Waals surface area contributed by atoms with Crippen LogP contribution < -0.4 is 0 Å². The van der Waals surface area contributed by atoms with Gasteiger partial charge in [-0.3, -0.25) is 9.59 Å². The normalized spacial score (nSPS) is 25.8. The van der Waals surface area contributed by atoms with Crippen LogP contribution in [-0.4, -0.2) is 40.9 Å². The fourth-order valence-corrected chi connectivity index (χ4v) is 3.52. The van der Waals surface area contributed by atoms with Crippen molar-refractivity contribution >= 4 is 11.8 Å². The summed E-state index contributed by atoms with van der Waals surface area (Å²) in [6, 6.07) is 7.27. The Morgan fingerprint density at radius 3 is 2.45 bits per heavy atom. The van der Waals surface area contributed by atoms with Crippen LogP contribution in [0.5, 0.6) is 0 Å². The first-order valence-electron chi connectivity index (χ1n) is 6.99. The quantitative estimate of drug-likeness (QED) is 0.723.